The molecule has 0 bridgehead atoms. The summed E-state index contributed by atoms with van der Waals surface area (Å²) in [7, 11) is 1.59. The van der Waals surface area contributed by atoms with Crippen molar-refractivity contribution in [3.8, 4) is 0 Å². The Balaban J connectivity index is 1.77. The van der Waals surface area contributed by atoms with E-state index in [0.717, 1.165) is 15.9 Å². The van der Waals surface area contributed by atoms with Crippen LogP contribution in [-0.4, -0.2) is 30.7 Å². The summed E-state index contributed by atoms with van der Waals surface area (Å²) >= 11 is 3.49. The maximum Gasteiger partial charge on any atom is 0.249 e. The van der Waals surface area contributed by atoms with Crippen molar-refractivity contribution >= 4 is 27.5 Å². The SMILES string of the molecule is COCC=CC(=O)NC1=CC=CC2=CC=CC(Nc3cccc(Br)c3)N21. The van der Waals surface area contributed by atoms with Crippen molar-refractivity contribution in [1.29, 1.82) is 0 Å². The van der Waals surface area contributed by atoms with Gasteiger partial charge in [-0.1, -0.05) is 40.2 Å². The van der Waals surface area contributed by atoms with Gasteiger partial charge in [-0.15, -0.1) is 0 Å². The highest BCUT2D eigenvalue weighted by Crippen LogP contribution is 2.27. The first kappa shape index (κ1) is 18.2. The fraction of sp³-hybridized carbons (Fsp3) is 0.150. The zero-order valence-electron chi connectivity index (χ0n) is 14.4. The van der Waals surface area contributed by atoms with Gasteiger partial charge in [0.25, 0.3) is 0 Å². The van der Waals surface area contributed by atoms with Crippen LogP contribution in [0.3, 0.4) is 0 Å². The number of halogens is 1. The van der Waals surface area contributed by atoms with Gasteiger partial charge in [-0.3, -0.25) is 4.79 Å². The van der Waals surface area contributed by atoms with Crippen molar-refractivity contribution in [2.24, 2.45) is 0 Å². The molecular formula is C20H20BrN3O2. The smallest absolute Gasteiger partial charge is 0.249 e. The fourth-order valence-electron chi connectivity index (χ4n) is 2.71. The summed E-state index contributed by atoms with van der Waals surface area (Å²) in [5, 5.41) is 6.42. The van der Waals surface area contributed by atoms with Gasteiger partial charge < -0.3 is 20.3 Å². The third kappa shape index (κ3) is 4.53. The van der Waals surface area contributed by atoms with E-state index in [4.69, 9.17) is 4.74 Å². The number of allylic oxidation sites excluding steroid dienone is 5. The van der Waals surface area contributed by atoms with E-state index in [0.29, 0.717) is 12.4 Å². The molecule has 1 unspecified atom stereocenters. The summed E-state index contributed by atoms with van der Waals surface area (Å²) in [5.41, 5.74) is 1.98. The van der Waals surface area contributed by atoms with Crippen molar-refractivity contribution in [2.45, 2.75) is 6.17 Å². The van der Waals surface area contributed by atoms with Gasteiger partial charge in [-0.05, 0) is 42.5 Å². The first-order valence-electron chi connectivity index (χ1n) is 8.22. The van der Waals surface area contributed by atoms with Crippen LogP contribution in [0.15, 0.2) is 88.9 Å². The number of benzene rings is 1. The number of rotatable bonds is 6. The Bertz CT molecular complexity index is 824. The molecule has 2 aliphatic rings. The van der Waals surface area contributed by atoms with Gasteiger partial charge >= 0.3 is 0 Å². The summed E-state index contributed by atoms with van der Waals surface area (Å²) in [5.74, 6) is 0.515. The monoisotopic (exact) mass is 413 g/mol. The molecule has 0 fully saturated rings. The Hall–Kier alpha value is -2.57. The van der Waals surface area contributed by atoms with E-state index < -0.39 is 0 Å². The largest absolute Gasteiger partial charge is 0.381 e. The van der Waals surface area contributed by atoms with Crippen LogP contribution in [0, 0.1) is 0 Å². The molecule has 1 aromatic rings. The van der Waals surface area contributed by atoms with Crippen molar-refractivity contribution in [3.63, 3.8) is 0 Å². The molecule has 6 heteroatoms. The predicted molar refractivity (Wildman–Crippen MR) is 107 cm³/mol. The van der Waals surface area contributed by atoms with Gasteiger partial charge in [-0.25, -0.2) is 0 Å². The molecule has 3 rings (SSSR count). The lowest BCUT2D eigenvalue weighted by Crippen LogP contribution is -2.45. The number of nitrogens with zero attached hydrogens (tertiary/aromatic N) is 1. The molecular weight excluding hydrogens is 394 g/mol. The fourth-order valence-corrected chi connectivity index (χ4v) is 3.11. The Morgan fingerprint density at radius 3 is 3.04 bits per heavy atom. The molecule has 5 nitrogen and oxygen atoms in total. The van der Waals surface area contributed by atoms with Crippen molar-refractivity contribution < 1.29 is 9.53 Å². The van der Waals surface area contributed by atoms with Crippen LogP contribution < -0.4 is 10.6 Å². The molecule has 2 aliphatic heterocycles. The number of hydrogen-bond acceptors (Lipinski definition) is 4. The summed E-state index contributed by atoms with van der Waals surface area (Å²) in [6, 6.07) is 7.98. The van der Waals surface area contributed by atoms with Gasteiger partial charge in [0.05, 0.1) is 6.61 Å². The third-order valence-electron chi connectivity index (χ3n) is 3.82. The molecule has 0 aromatic heterocycles. The minimum Gasteiger partial charge on any atom is -0.381 e. The van der Waals surface area contributed by atoms with E-state index in [1.165, 1.54) is 6.08 Å². The standard InChI is InChI=1S/C20H20BrN3O2/c1-26-13-5-12-20(25)23-19-11-4-9-17-8-3-10-18(24(17)19)22-16-7-2-6-15(21)14-16/h2-12,14,18,22H,13H2,1H3,(H,23,25). The summed E-state index contributed by atoms with van der Waals surface area (Å²) in [6.07, 6.45) is 14.9. The second-order valence-electron chi connectivity index (χ2n) is 5.70. The van der Waals surface area contributed by atoms with E-state index in [2.05, 4.69) is 26.6 Å². The Kier molecular flexibility index (Phi) is 6.09. The molecule has 1 aromatic carbocycles. The second-order valence-corrected chi connectivity index (χ2v) is 6.62. The van der Waals surface area contributed by atoms with Gasteiger partial charge in [0.15, 0.2) is 0 Å². The number of hydrogen-bond donors (Lipinski definition) is 2. The van der Waals surface area contributed by atoms with Crippen molar-refractivity contribution in [3.05, 3.63) is 88.9 Å². The van der Waals surface area contributed by atoms with E-state index in [1.54, 1.807) is 13.2 Å². The lowest BCUT2D eigenvalue weighted by molar-refractivity contribution is -0.116. The average Bonchev–Trinajstić information content (AvgIpc) is 2.62. The maximum atomic E-state index is 12.2. The lowest BCUT2D eigenvalue weighted by Gasteiger charge is -2.38. The topological polar surface area (TPSA) is 53.6 Å². The number of anilines is 1. The molecule has 0 radical (unpaired) electrons. The highest BCUT2D eigenvalue weighted by atomic mass is 79.9. The van der Waals surface area contributed by atoms with Crippen LogP contribution >= 0.6 is 15.9 Å². The molecule has 0 spiro atoms. The number of nitrogens with one attached hydrogen (secondary N) is 2. The predicted octanol–water partition coefficient (Wildman–Crippen LogP) is 3.67. The number of fused-ring (bicyclic) bond motifs is 1. The summed E-state index contributed by atoms with van der Waals surface area (Å²) in [6.45, 7) is 0.400. The number of amides is 1. The quantitative estimate of drug-likeness (QED) is 0.698. The van der Waals surface area contributed by atoms with Crippen molar-refractivity contribution in [2.75, 3.05) is 19.0 Å². The molecule has 0 saturated carbocycles. The molecule has 0 aliphatic carbocycles. The highest BCUT2D eigenvalue weighted by molar-refractivity contribution is 9.10. The minimum atomic E-state index is -0.196. The second kappa shape index (κ2) is 8.69. The van der Waals surface area contributed by atoms with E-state index in [1.807, 2.05) is 65.6 Å². The zero-order valence-corrected chi connectivity index (χ0v) is 15.9. The highest BCUT2D eigenvalue weighted by Gasteiger charge is 2.25. The number of methoxy groups -OCH3 is 1. The average molecular weight is 414 g/mol. The number of ether oxygens (including phenoxy) is 1. The van der Waals surface area contributed by atoms with Crippen LogP contribution in [0.5, 0.6) is 0 Å². The molecule has 0 saturated heterocycles. The van der Waals surface area contributed by atoms with E-state index in [9.17, 15) is 4.79 Å². The van der Waals surface area contributed by atoms with E-state index in [-0.39, 0.29) is 12.1 Å². The third-order valence-corrected chi connectivity index (χ3v) is 4.31. The molecule has 1 atom stereocenters. The van der Waals surface area contributed by atoms with Gasteiger partial charge in [0, 0.05) is 29.0 Å². The van der Waals surface area contributed by atoms with Gasteiger partial charge in [0.1, 0.15) is 12.0 Å². The molecule has 26 heavy (non-hydrogen) atoms. The first-order valence-corrected chi connectivity index (χ1v) is 9.01. The van der Waals surface area contributed by atoms with Crippen LogP contribution in [0.1, 0.15) is 0 Å². The molecule has 134 valence electrons. The van der Waals surface area contributed by atoms with Gasteiger partial charge in [-0.2, -0.15) is 0 Å². The number of carbonyl (C=O) groups excluding carboxylic acids is 1. The minimum absolute atomic E-state index is 0.122. The molecule has 2 heterocycles. The molecule has 1 amide bonds. The van der Waals surface area contributed by atoms with Crippen LogP contribution in [-0.2, 0) is 9.53 Å². The maximum absolute atomic E-state index is 12.2. The Morgan fingerprint density at radius 2 is 2.23 bits per heavy atom. The van der Waals surface area contributed by atoms with Crippen LogP contribution in [0.2, 0.25) is 0 Å². The van der Waals surface area contributed by atoms with Crippen LogP contribution in [0.4, 0.5) is 5.69 Å². The van der Waals surface area contributed by atoms with Gasteiger partial charge in [0.2, 0.25) is 5.91 Å². The first-order chi connectivity index (χ1) is 12.7. The van der Waals surface area contributed by atoms with E-state index >= 15 is 0 Å². The Morgan fingerprint density at radius 1 is 1.35 bits per heavy atom. The lowest BCUT2D eigenvalue weighted by atomic mass is 10.1. The molecule has 2 N–H and O–H groups in total. The number of carbonyl (C=O) groups is 1. The van der Waals surface area contributed by atoms with Crippen molar-refractivity contribution in [1.82, 2.24) is 10.2 Å². The summed E-state index contributed by atoms with van der Waals surface area (Å²) < 4.78 is 5.93. The van der Waals surface area contributed by atoms with Crippen LogP contribution in [0.25, 0.3) is 0 Å². The normalized spacial score (nSPS) is 18.4. The zero-order chi connectivity index (χ0) is 18.4. The summed E-state index contributed by atoms with van der Waals surface area (Å²) in [4.78, 5) is 14.2. The Labute approximate surface area is 161 Å².